The van der Waals surface area contributed by atoms with E-state index in [2.05, 4.69) is 23.6 Å². The van der Waals surface area contributed by atoms with Gasteiger partial charge in [0.05, 0.1) is 0 Å². The number of rotatable bonds is 4. The van der Waals surface area contributed by atoms with Crippen LogP contribution < -0.4 is 0 Å². The van der Waals surface area contributed by atoms with E-state index in [1.807, 2.05) is 13.8 Å². The Morgan fingerprint density at radius 2 is 0.850 bits per heavy atom. The Labute approximate surface area is 128 Å². The van der Waals surface area contributed by atoms with Crippen molar-refractivity contribution in [3.05, 3.63) is 0 Å². The summed E-state index contributed by atoms with van der Waals surface area (Å²) in [6, 6.07) is 0. The van der Waals surface area contributed by atoms with Gasteiger partial charge in [0.1, 0.15) is 0 Å². The van der Waals surface area contributed by atoms with E-state index in [1.54, 1.807) is 0 Å². The first-order valence-electron chi connectivity index (χ1n) is 9.31. The highest BCUT2D eigenvalue weighted by molar-refractivity contribution is 4.63. The maximum absolute atomic E-state index is 2.57. The van der Waals surface area contributed by atoms with E-state index in [4.69, 9.17) is 0 Å². The Morgan fingerprint density at radius 3 is 1.10 bits per heavy atom. The summed E-state index contributed by atoms with van der Waals surface area (Å²) in [5.74, 6) is 0. The van der Waals surface area contributed by atoms with Gasteiger partial charge in [-0.3, -0.25) is 0 Å². The van der Waals surface area contributed by atoms with Crippen molar-refractivity contribution in [3.63, 3.8) is 0 Å². The first kappa shape index (κ1) is 19.9. The summed E-state index contributed by atoms with van der Waals surface area (Å²) >= 11 is 0. The van der Waals surface area contributed by atoms with E-state index in [9.17, 15) is 0 Å². The third kappa shape index (κ3) is 10.7. The maximum Gasteiger partial charge on any atom is -0.00187 e. The number of hydrogen-bond donors (Lipinski definition) is 0. The topological polar surface area (TPSA) is 6.48 Å². The van der Waals surface area contributed by atoms with Crippen molar-refractivity contribution >= 4 is 0 Å². The molecule has 0 aromatic rings. The molecule has 0 aromatic heterocycles. The van der Waals surface area contributed by atoms with Crippen molar-refractivity contribution in [3.8, 4) is 0 Å². The number of likely N-dealkylation sites (tertiary alicyclic amines) is 2. The molecule has 2 fully saturated rings. The molecule has 122 valence electrons. The molecule has 2 aliphatic heterocycles. The summed E-state index contributed by atoms with van der Waals surface area (Å²) < 4.78 is 0. The molecule has 0 unspecified atom stereocenters. The molecule has 2 heterocycles. The normalized spacial score (nSPS) is 20.4. The Bertz CT molecular complexity index is 145. The van der Waals surface area contributed by atoms with Crippen LogP contribution in [0.2, 0.25) is 0 Å². The van der Waals surface area contributed by atoms with Crippen LogP contribution in [0, 0.1) is 0 Å². The third-order valence-corrected chi connectivity index (χ3v) is 3.98. The Balaban J connectivity index is 0.000000321. The lowest BCUT2D eigenvalue weighted by Gasteiger charge is -2.25. The molecule has 0 N–H and O–H groups in total. The van der Waals surface area contributed by atoms with Crippen molar-refractivity contribution in [1.82, 2.24) is 9.80 Å². The van der Waals surface area contributed by atoms with Crippen molar-refractivity contribution < 1.29 is 0 Å². The SMILES string of the molecule is CC.CCCN1CCCCC1.CCCN1CCCCC1. The summed E-state index contributed by atoms with van der Waals surface area (Å²) in [6.07, 6.45) is 11.3. The number of hydrogen-bond acceptors (Lipinski definition) is 2. The van der Waals surface area contributed by atoms with Crippen LogP contribution >= 0.6 is 0 Å². The van der Waals surface area contributed by atoms with Gasteiger partial charge >= 0.3 is 0 Å². The second-order valence-corrected chi connectivity index (χ2v) is 5.80. The van der Waals surface area contributed by atoms with Crippen molar-refractivity contribution in [1.29, 1.82) is 0 Å². The first-order chi connectivity index (χ1) is 9.86. The van der Waals surface area contributed by atoms with Gasteiger partial charge in [0.25, 0.3) is 0 Å². The lowest BCUT2D eigenvalue weighted by molar-refractivity contribution is 0.229. The van der Waals surface area contributed by atoms with Crippen molar-refractivity contribution in [2.24, 2.45) is 0 Å². The third-order valence-electron chi connectivity index (χ3n) is 3.98. The van der Waals surface area contributed by atoms with Gasteiger partial charge in [0, 0.05) is 0 Å². The summed E-state index contributed by atoms with van der Waals surface area (Å²) in [5.41, 5.74) is 0. The highest BCUT2D eigenvalue weighted by Gasteiger charge is 2.07. The fraction of sp³-hybridized carbons (Fsp3) is 1.00. The summed E-state index contributed by atoms with van der Waals surface area (Å²) in [5, 5.41) is 0. The molecule has 0 atom stereocenters. The molecule has 2 heteroatoms. The van der Waals surface area contributed by atoms with Crippen LogP contribution in [0.25, 0.3) is 0 Å². The Hall–Kier alpha value is -0.0800. The van der Waals surface area contributed by atoms with Crippen LogP contribution in [0.5, 0.6) is 0 Å². The average Bonchev–Trinajstić information content (AvgIpc) is 2.53. The highest BCUT2D eigenvalue weighted by atomic mass is 15.1. The molecule has 0 aromatic carbocycles. The van der Waals surface area contributed by atoms with Gasteiger partial charge in [-0.25, -0.2) is 0 Å². The van der Waals surface area contributed by atoms with E-state index in [0.717, 1.165) is 0 Å². The quantitative estimate of drug-likeness (QED) is 0.732. The largest absolute Gasteiger partial charge is 0.303 e. The minimum Gasteiger partial charge on any atom is -0.303 e. The van der Waals surface area contributed by atoms with E-state index in [1.165, 1.54) is 90.6 Å². The molecule has 2 saturated heterocycles. The zero-order valence-electron chi connectivity index (χ0n) is 14.8. The molecule has 0 aliphatic carbocycles. The minimum absolute atomic E-state index is 1.32. The van der Waals surface area contributed by atoms with Crippen LogP contribution in [0.1, 0.15) is 79.1 Å². The van der Waals surface area contributed by atoms with Crippen LogP contribution in [0.3, 0.4) is 0 Å². The first-order valence-corrected chi connectivity index (χ1v) is 9.31. The van der Waals surface area contributed by atoms with Gasteiger partial charge < -0.3 is 9.80 Å². The summed E-state index contributed by atoms with van der Waals surface area (Å²) in [6.45, 7) is 16.6. The predicted molar refractivity (Wildman–Crippen MR) is 92.5 cm³/mol. The average molecular weight is 285 g/mol. The standard InChI is InChI=1S/2C8H17N.C2H6/c2*1-2-6-9-7-4-3-5-8-9;1-2/h2*2-8H2,1H3;1-2H3. The molecular formula is C18H40N2. The van der Waals surface area contributed by atoms with Crippen LogP contribution in [0.4, 0.5) is 0 Å². The Morgan fingerprint density at radius 1 is 0.550 bits per heavy atom. The zero-order valence-corrected chi connectivity index (χ0v) is 14.8. The number of piperidine rings is 2. The molecule has 2 nitrogen and oxygen atoms in total. The van der Waals surface area contributed by atoms with E-state index >= 15 is 0 Å². The van der Waals surface area contributed by atoms with Crippen LogP contribution in [-0.4, -0.2) is 49.1 Å². The van der Waals surface area contributed by atoms with E-state index in [-0.39, 0.29) is 0 Å². The van der Waals surface area contributed by atoms with E-state index in [0.29, 0.717) is 0 Å². The van der Waals surface area contributed by atoms with Gasteiger partial charge in [-0.05, 0) is 77.8 Å². The molecular weight excluding hydrogens is 244 g/mol. The predicted octanol–water partition coefficient (Wildman–Crippen LogP) is 4.79. The van der Waals surface area contributed by atoms with Crippen molar-refractivity contribution in [2.75, 3.05) is 39.3 Å². The van der Waals surface area contributed by atoms with Gasteiger partial charge in [-0.1, -0.05) is 40.5 Å². The lowest BCUT2D eigenvalue weighted by Crippen LogP contribution is -2.30. The molecule has 2 aliphatic rings. The highest BCUT2D eigenvalue weighted by Crippen LogP contribution is 2.08. The molecule has 0 bridgehead atoms. The van der Waals surface area contributed by atoms with Gasteiger partial charge in [-0.15, -0.1) is 0 Å². The van der Waals surface area contributed by atoms with Crippen LogP contribution in [0.15, 0.2) is 0 Å². The van der Waals surface area contributed by atoms with E-state index < -0.39 is 0 Å². The molecule has 0 spiro atoms. The molecule has 20 heavy (non-hydrogen) atoms. The molecule has 0 saturated carbocycles. The zero-order chi connectivity index (χ0) is 15.1. The Kier molecular flexibility index (Phi) is 15.3. The molecule has 0 radical (unpaired) electrons. The van der Waals surface area contributed by atoms with Crippen LogP contribution in [-0.2, 0) is 0 Å². The van der Waals surface area contributed by atoms with Gasteiger partial charge in [0.15, 0.2) is 0 Å². The maximum atomic E-state index is 2.57. The lowest BCUT2D eigenvalue weighted by atomic mass is 10.1. The summed E-state index contributed by atoms with van der Waals surface area (Å²) in [4.78, 5) is 5.15. The monoisotopic (exact) mass is 284 g/mol. The second-order valence-electron chi connectivity index (χ2n) is 5.80. The molecule has 2 rings (SSSR count). The minimum atomic E-state index is 1.32. The number of nitrogens with zero attached hydrogens (tertiary/aromatic N) is 2. The van der Waals surface area contributed by atoms with Gasteiger partial charge in [0.2, 0.25) is 0 Å². The smallest absolute Gasteiger partial charge is 0.00187 e. The summed E-state index contributed by atoms with van der Waals surface area (Å²) in [7, 11) is 0. The molecule has 0 amide bonds. The fourth-order valence-corrected chi connectivity index (χ4v) is 3.00. The fourth-order valence-electron chi connectivity index (χ4n) is 3.00. The van der Waals surface area contributed by atoms with Crippen molar-refractivity contribution in [2.45, 2.75) is 79.1 Å². The second kappa shape index (κ2) is 15.3. The van der Waals surface area contributed by atoms with Gasteiger partial charge in [-0.2, -0.15) is 0 Å².